The Hall–Kier alpha value is -3.54. The molecule has 0 radical (unpaired) electrons. The van der Waals surface area contributed by atoms with Crippen molar-refractivity contribution in [2.75, 3.05) is 20.0 Å². The van der Waals surface area contributed by atoms with Crippen molar-refractivity contribution in [1.29, 1.82) is 0 Å². The first-order valence-corrected chi connectivity index (χ1v) is 8.62. The highest BCUT2D eigenvalue weighted by Gasteiger charge is 2.28. The second-order valence-corrected chi connectivity index (χ2v) is 6.49. The molecular weight excluding hydrogens is 390 g/mol. The number of ether oxygens (including phenoxy) is 3. The minimum Gasteiger partial charge on any atom is -0.465 e. The molecule has 0 unspecified atom stereocenters. The van der Waals surface area contributed by atoms with E-state index < -0.39 is 24.5 Å². The Kier molecular flexibility index (Phi) is 5.22. The molecule has 28 heavy (non-hydrogen) atoms. The fraction of sp³-hybridized carbons (Fsp3) is 0.250. The van der Waals surface area contributed by atoms with E-state index in [0.717, 1.165) is 17.0 Å². The highest BCUT2D eigenvalue weighted by Crippen LogP contribution is 2.33. The lowest BCUT2D eigenvalue weighted by Gasteiger charge is -2.06. The van der Waals surface area contributed by atoms with Crippen molar-refractivity contribution in [2.24, 2.45) is 0 Å². The van der Waals surface area contributed by atoms with Crippen LogP contribution in [0.1, 0.15) is 41.9 Å². The number of anilines is 1. The lowest BCUT2D eigenvalue weighted by molar-refractivity contribution is 0.0440. The molecule has 3 rings (SSSR count). The first-order valence-electron chi connectivity index (χ1n) is 7.80. The van der Waals surface area contributed by atoms with Gasteiger partial charge in [0.2, 0.25) is 0 Å². The van der Waals surface area contributed by atoms with Gasteiger partial charge < -0.3 is 19.9 Å². The largest absolute Gasteiger partial charge is 0.465 e. The van der Waals surface area contributed by atoms with Gasteiger partial charge in [-0.05, 0) is 13.0 Å². The number of nitrogens with zero attached hydrogens (tertiary/aromatic N) is 4. The Bertz CT molecular complexity index is 1090. The summed E-state index contributed by atoms with van der Waals surface area (Å²) in [4.78, 5) is 44.4. The molecule has 11 nitrogen and oxygen atoms in total. The number of carbonyl (C=O) groups excluding carboxylic acids is 3. The van der Waals surface area contributed by atoms with E-state index in [1.54, 1.807) is 13.0 Å². The normalized spacial score (nSPS) is 10.7. The van der Waals surface area contributed by atoms with Crippen molar-refractivity contribution < 1.29 is 28.6 Å². The second-order valence-electron chi connectivity index (χ2n) is 5.44. The SMILES string of the molecule is COC(=O)c1sc(N)c(C(=O)OC)c1COC(=O)c1nc2nccc(C)n2n1. The fourth-order valence-electron chi connectivity index (χ4n) is 2.40. The van der Waals surface area contributed by atoms with Crippen molar-refractivity contribution in [3.05, 3.63) is 39.8 Å². The monoisotopic (exact) mass is 405 g/mol. The average molecular weight is 405 g/mol. The molecule has 0 atom stereocenters. The van der Waals surface area contributed by atoms with Gasteiger partial charge in [-0.1, -0.05) is 0 Å². The first-order chi connectivity index (χ1) is 13.4. The van der Waals surface area contributed by atoms with Crippen molar-refractivity contribution in [2.45, 2.75) is 13.5 Å². The minimum atomic E-state index is -0.860. The molecule has 0 fully saturated rings. The number of esters is 3. The Labute approximate surface area is 162 Å². The highest BCUT2D eigenvalue weighted by atomic mass is 32.1. The summed E-state index contributed by atoms with van der Waals surface area (Å²) < 4.78 is 16.0. The molecule has 0 bridgehead atoms. The van der Waals surface area contributed by atoms with Gasteiger partial charge in [0.15, 0.2) is 0 Å². The molecule has 0 aliphatic heterocycles. The van der Waals surface area contributed by atoms with Crippen LogP contribution in [0, 0.1) is 6.92 Å². The van der Waals surface area contributed by atoms with Crippen LogP contribution in [0.4, 0.5) is 5.00 Å². The molecule has 0 aromatic carbocycles. The molecule has 3 aromatic heterocycles. The molecule has 12 heteroatoms. The van der Waals surface area contributed by atoms with Crippen molar-refractivity contribution >= 4 is 40.0 Å². The summed E-state index contributed by atoms with van der Waals surface area (Å²) in [6.45, 7) is 1.35. The smallest absolute Gasteiger partial charge is 0.378 e. The highest BCUT2D eigenvalue weighted by molar-refractivity contribution is 7.18. The van der Waals surface area contributed by atoms with Crippen LogP contribution in [0.25, 0.3) is 5.78 Å². The van der Waals surface area contributed by atoms with E-state index >= 15 is 0 Å². The summed E-state index contributed by atoms with van der Waals surface area (Å²) in [5.74, 6) is -2.33. The summed E-state index contributed by atoms with van der Waals surface area (Å²) in [6.07, 6.45) is 1.54. The number of fused-ring (bicyclic) bond motifs is 1. The van der Waals surface area contributed by atoms with Gasteiger partial charge in [0.25, 0.3) is 11.6 Å². The predicted molar refractivity (Wildman–Crippen MR) is 96.0 cm³/mol. The summed E-state index contributed by atoms with van der Waals surface area (Å²) in [5, 5.41) is 4.09. The van der Waals surface area contributed by atoms with Gasteiger partial charge in [-0.3, -0.25) is 0 Å². The minimum absolute atomic E-state index is 0.0358. The summed E-state index contributed by atoms with van der Waals surface area (Å²) in [5.41, 5.74) is 6.59. The molecule has 0 spiro atoms. The first kappa shape index (κ1) is 19.2. The number of thiophene rings is 1. The topological polar surface area (TPSA) is 148 Å². The lowest BCUT2D eigenvalue weighted by Crippen LogP contribution is -2.13. The number of hydrogen-bond donors (Lipinski definition) is 1. The Morgan fingerprint density at radius 1 is 1.18 bits per heavy atom. The van der Waals surface area contributed by atoms with Crippen molar-refractivity contribution in [3.63, 3.8) is 0 Å². The molecule has 3 aromatic rings. The van der Waals surface area contributed by atoms with E-state index in [2.05, 4.69) is 19.8 Å². The fourth-order valence-corrected chi connectivity index (χ4v) is 3.38. The van der Waals surface area contributed by atoms with Gasteiger partial charge in [-0.25, -0.2) is 23.9 Å². The quantitative estimate of drug-likeness (QED) is 0.481. The number of hydrogen-bond acceptors (Lipinski definition) is 11. The van der Waals surface area contributed by atoms with E-state index in [1.807, 2.05) is 0 Å². The van der Waals surface area contributed by atoms with Crippen LogP contribution in [0.3, 0.4) is 0 Å². The zero-order valence-electron chi connectivity index (χ0n) is 15.1. The summed E-state index contributed by atoms with van der Waals surface area (Å²) in [7, 11) is 2.35. The molecule has 3 heterocycles. The van der Waals surface area contributed by atoms with Crippen LogP contribution in [-0.2, 0) is 20.8 Å². The number of carbonyl (C=O) groups is 3. The van der Waals surface area contributed by atoms with Gasteiger partial charge in [-0.2, -0.15) is 4.98 Å². The van der Waals surface area contributed by atoms with E-state index in [1.165, 1.54) is 24.9 Å². The molecule has 0 aliphatic carbocycles. The maximum Gasteiger partial charge on any atom is 0.378 e. The van der Waals surface area contributed by atoms with Gasteiger partial charge >= 0.3 is 17.9 Å². The summed E-state index contributed by atoms with van der Waals surface area (Å²) >= 11 is 0.836. The van der Waals surface area contributed by atoms with E-state index in [0.29, 0.717) is 0 Å². The molecule has 0 saturated heterocycles. The van der Waals surface area contributed by atoms with Crippen LogP contribution in [-0.4, -0.2) is 51.7 Å². The lowest BCUT2D eigenvalue weighted by atomic mass is 10.1. The molecule has 2 N–H and O–H groups in total. The van der Waals surface area contributed by atoms with E-state index in [-0.39, 0.29) is 32.6 Å². The Morgan fingerprint density at radius 3 is 2.54 bits per heavy atom. The van der Waals surface area contributed by atoms with Crippen LogP contribution < -0.4 is 5.73 Å². The maximum atomic E-state index is 12.4. The molecule has 0 aliphatic rings. The molecular formula is C16H15N5O6S. The Morgan fingerprint density at radius 2 is 1.89 bits per heavy atom. The Balaban J connectivity index is 1.90. The van der Waals surface area contributed by atoms with Gasteiger partial charge in [0, 0.05) is 17.5 Å². The number of nitrogens with two attached hydrogens (primary N) is 1. The standard InChI is InChI=1S/C16H15N5O6S/c1-7-4-5-18-16-19-12(20-21(7)16)15(24)27-6-8-9(13(22)25-2)11(17)28-10(8)14(23)26-3/h4-5H,6,17H2,1-3H3. The van der Waals surface area contributed by atoms with Crippen molar-refractivity contribution in [3.8, 4) is 0 Å². The average Bonchev–Trinajstić information content (AvgIpc) is 3.27. The number of methoxy groups -OCH3 is 2. The third-order valence-electron chi connectivity index (χ3n) is 3.75. The molecule has 0 saturated carbocycles. The predicted octanol–water partition coefficient (Wildman–Crippen LogP) is 1.01. The van der Waals surface area contributed by atoms with E-state index in [9.17, 15) is 14.4 Å². The molecule has 146 valence electrons. The third-order valence-corrected chi connectivity index (χ3v) is 4.80. The second kappa shape index (κ2) is 7.60. The van der Waals surface area contributed by atoms with Crippen LogP contribution in [0.5, 0.6) is 0 Å². The maximum absolute atomic E-state index is 12.4. The van der Waals surface area contributed by atoms with Crippen molar-refractivity contribution in [1.82, 2.24) is 19.6 Å². The number of rotatable bonds is 5. The van der Waals surface area contributed by atoms with Gasteiger partial charge in [-0.15, -0.1) is 16.4 Å². The number of aryl methyl sites for hydroxylation is 1. The zero-order valence-corrected chi connectivity index (χ0v) is 15.9. The third kappa shape index (κ3) is 3.36. The van der Waals surface area contributed by atoms with Gasteiger partial charge in [0.05, 0.1) is 14.2 Å². The number of nitrogen functional groups attached to an aromatic ring is 1. The van der Waals surface area contributed by atoms with Crippen LogP contribution >= 0.6 is 11.3 Å². The van der Waals surface area contributed by atoms with E-state index in [4.69, 9.17) is 15.2 Å². The van der Waals surface area contributed by atoms with Crippen LogP contribution in [0.2, 0.25) is 0 Å². The van der Waals surface area contributed by atoms with Gasteiger partial charge in [0.1, 0.15) is 22.0 Å². The zero-order chi connectivity index (χ0) is 20.4. The summed E-state index contributed by atoms with van der Waals surface area (Å²) in [6, 6.07) is 1.70. The van der Waals surface area contributed by atoms with Crippen LogP contribution in [0.15, 0.2) is 12.3 Å². The number of aromatic nitrogens is 4. The molecule has 0 amide bonds.